The van der Waals surface area contributed by atoms with Crippen molar-refractivity contribution >= 4 is 51.2 Å². The Hall–Kier alpha value is -2.27. The zero-order chi connectivity index (χ0) is 20.6. The Balaban J connectivity index is 1.51. The third kappa shape index (κ3) is 6.64. The standard InChI is InChI=1S/C23H17BrCl2O3/c24-18-4-1-3-17(13-18)14-29-23(27)12-9-16-7-10-19(11-8-16)28-15-20-21(25)5-2-6-22(20)26/h1-13H,14-15H2. The summed E-state index contributed by atoms with van der Waals surface area (Å²) >= 11 is 15.7. The molecule has 0 saturated carbocycles. The van der Waals surface area contributed by atoms with Gasteiger partial charge in [-0.2, -0.15) is 0 Å². The number of hydrogen-bond donors (Lipinski definition) is 0. The van der Waals surface area contributed by atoms with Gasteiger partial charge in [-0.25, -0.2) is 4.79 Å². The molecule has 0 aliphatic rings. The quantitative estimate of drug-likeness (QED) is 0.261. The smallest absolute Gasteiger partial charge is 0.331 e. The Morgan fingerprint density at radius 3 is 2.31 bits per heavy atom. The monoisotopic (exact) mass is 490 g/mol. The first-order chi connectivity index (χ1) is 14.0. The number of esters is 1. The van der Waals surface area contributed by atoms with E-state index in [2.05, 4.69) is 15.9 Å². The van der Waals surface area contributed by atoms with Gasteiger partial charge in [-0.05, 0) is 53.6 Å². The van der Waals surface area contributed by atoms with Crippen LogP contribution in [0.3, 0.4) is 0 Å². The van der Waals surface area contributed by atoms with Crippen LogP contribution < -0.4 is 4.74 Å². The Kier molecular flexibility index (Phi) is 7.76. The van der Waals surface area contributed by atoms with Crippen LogP contribution >= 0.6 is 39.1 Å². The lowest BCUT2D eigenvalue weighted by Gasteiger charge is -2.09. The van der Waals surface area contributed by atoms with Crippen LogP contribution in [-0.4, -0.2) is 5.97 Å². The van der Waals surface area contributed by atoms with E-state index >= 15 is 0 Å². The van der Waals surface area contributed by atoms with E-state index in [1.54, 1.807) is 24.3 Å². The van der Waals surface area contributed by atoms with E-state index in [9.17, 15) is 4.79 Å². The highest BCUT2D eigenvalue weighted by atomic mass is 79.9. The summed E-state index contributed by atoms with van der Waals surface area (Å²) in [4.78, 5) is 11.9. The van der Waals surface area contributed by atoms with Gasteiger partial charge in [0.1, 0.15) is 19.0 Å². The fourth-order valence-corrected chi connectivity index (χ4v) is 3.45. The molecule has 6 heteroatoms. The Morgan fingerprint density at radius 2 is 1.62 bits per heavy atom. The molecule has 0 saturated heterocycles. The normalized spacial score (nSPS) is 10.9. The molecule has 0 fully saturated rings. The molecule has 0 aromatic heterocycles. The Labute approximate surface area is 188 Å². The minimum atomic E-state index is -0.404. The van der Waals surface area contributed by atoms with Gasteiger partial charge in [-0.1, -0.05) is 69.5 Å². The average molecular weight is 492 g/mol. The van der Waals surface area contributed by atoms with Gasteiger partial charge in [0, 0.05) is 26.2 Å². The molecule has 3 rings (SSSR count). The van der Waals surface area contributed by atoms with Crippen LogP contribution in [0, 0.1) is 0 Å². The van der Waals surface area contributed by atoms with Crippen LogP contribution in [-0.2, 0) is 22.7 Å². The summed E-state index contributed by atoms with van der Waals surface area (Å²) in [6.45, 7) is 0.496. The third-order valence-electron chi connectivity index (χ3n) is 4.01. The molecule has 0 aliphatic carbocycles. The van der Waals surface area contributed by atoms with Gasteiger partial charge < -0.3 is 9.47 Å². The lowest BCUT2D eigenvalue weighted by atomic mass is 10.2. The maximum atomic E-state index is 11.9. The summed E-state index contributed by atoms with van der Waals surface area (Å²) in [7, 11) is 0. The zero-order valence-corrected chi connectivity index (χ0v) is 18.4. The lowest BCUT2D eigenvalue weighted by molar-refractivity contribution is -0.138. The summed E-state index contributed by atoms with van der Waals surface area (Å²) < 4.78 is 11.9. The first-order valence-corrected chi connectivity index (χ1v) is 10.3. The molecule has 148 valence electrons. The van der Waals surface area contributed by atoms with Crippen molar-refractivity contribution in [1.29, 1.82) is 0 Å². The van der Waals surface area contributed by atoms with Crippen molar-refractivity contribution in [3.8, 4) is 5.75 Å². The number of hydrogen-bond acceptors (Lipinski definition) is 3. The van der Waals surface area contributed by atoms with E-state index in [1.165, 1.54) is 6.08 Å². The molecule has 0 unspecified atom stereocenters. The van der Waals surface area contributed by atoms with Crippen molar-refractivity contribution in [2.24, 2.45) is 0 Å². The fraction of sp³-hybridized carbons (Fsp3) is 0.0870. The SMILES string of the molecule is O=C(C=Cc1ccc(OCc2c(Cl)cccc2Cl)cc1)OCc1cccc(Br)c1. The highest BCUT2D eigenvalue weighted by Crippen LogP contribution is 2.26. The van der Waals surface area contributed by atoms with E-state index in [-0.39, 0.29) is 13.2 Å². The second-order valence-electron chi connectivity index (χ2n) is 6.13. The van der Waals surface area contributed by atoms with Crippen LogP contribution in [0.2, 0.25) is 10.0 Å². The van der Waals surface area contributed by atoms with Crippen LogP contribution in [0.25, 0.3) is 6.08 Å². The summed E-state index contributed by atoms with van der Waals surface area (Å²) in [6, 6.07) is 20.3. The van der Waals surface area contributed by atoms with Crippen molar-refractivity contribution in [3.63, 3.8) is 0 Å². The van der Waals surface area contributed by atoms with Gasteiger partial charge >= 0.3 is 5.97 Å². The first kappa shape index (κ1) is 21.4. The third-order valence-corrected chi connectivity index (χ3v) is 5.21. The second kappa shape index (κ2) is 10.5. The molecule has 3 nitrogen and oxygen atoms in total. The first-order valence-electron chi connectivity index (χ1n) is 8.76. The van der Waals surface area contributed by atoms with E-state index in [0.29, 0.717) is 15.8 Å². The topological polar surface area (TPSA) is 35.5 Å². The van der Waals surface area contributed by atoms with Gasteiger partial charge in [0.15, 0.2) is 0 Å². The van der Waals surface area contributed by atoms with Crippen molar-refractivity contribution < 1.29 is 14.3 Å². The molecule has 0 bridgehead atoms. The molecule has 3 aromatic carbocycles. The van der Waals surface area contributed by atoms with Crippen LogP contribution in [0.4, 0.5) is 0 Å². The zero-order valence-electron chi connectivity index (χ0n) is 15.3. The molecule has 0 spiro atoms. The molecular formula is C23H17BrCl2O3. The van der Waals surface area contributed by atoms with E-state index in [0.717, 1.165) is 21.2 Å². The van der Waals surface area contributed by atoms with E-state index in [4.69, 9.17) is 32.7 Å². The Bertz CT molecular complexity index is 997. The maximum Gasteiger partial charge on any atom is 0.331 e. The Morgan fingerprint density at radius 1 is 0.931 bits per heavy atom. The molecule has 0 atom stereocenters. The van der Waals surface area contributed by atoms with Crippen molar-refractivity contribution in [3.05, 3.63) is 104 Å². The van der Waals surface area contributed by atoms with Gasteiger partial charge in [0.05, 0.1) is 0 Å². The van der Waals surface area contributed by atoms with Crippen molar-refractivity contribution in [2.75, 3.05) is 0 Å². The summed E-state index contributed by atoms with van der Waals surface area (Å²) in [5, 5.41) is 1.14. The van der Waals surface area contributed by atoms with Gasteiger partial charge in [0.25, 0.3) is 0 Å². The molecule has 29 heavy (non-hydrogen) atoms. The highest BCUT2D eigenvalue weighted by Gasteiger charge is 2.06. The number of benzene rings is 3. The van der Waals surface area contributed by atoms with Crippen molar-refractivity contribution in [1.82, 2.24) is 0 Å². The molecule has 3 aromatic rings. The molecule has 0 aliphatic heterocycles. The lowest BCUT2D eigenvalue weighted by Crippen LogP contribution is -2.00. The number of rotatable bonds is 7. The van der Waals surface area contributed by atoms with Gasteiger partial charge in [0.2, 0.25) is 0 Å². The maximum absolute atomic E-state index is 11.9. The minimum absolute atomic E-state index is 0.222. The molecule has 0 heterocycles. The highest BCUT2D eigenvalue weighted by molar-refractivity contribution is 9.10. The minimum Gasteiger partial charge on any atom is -0.489 e. The predicted octanol–water partition coefficient (Wildman–Crippen LogP) is 7.09. The molecule has 0 radical (unpaired) electrons. The summed E-state index contributed by atoms with van der Waals surface area (Å²) in [6.07, 6.45) is 3.09. The second-order valence-corrected chi connectivity index (χ2v) is 7.86. The summed E-state index contributed by atoms with van der Waals surface area (Å²) in [5.74, 6) is 0.272. The van der Waals surface area contributed by atoms with Crippen LogP contribution in [0.1, 0.15) is 16.7 Å². The van der Waals surface area contributed by atoms with Crippen LogP contribution in [0.5, 0.6) is 5.75 Å². The number of halogens is 3. The van der Waals surface area contributed by atoms with E-state index < -0.39 is 5.97 Å². The molecule has 0 N–H and O–H groups in total. The van der Waals surface area contributed by atoms with E-state index in [1.807, 2.05) is 48.5 Å². The van der Waals surface area contributed by atoms with Gasteiger partial charge in [-0.15, -0.1) is 0 Å². The summed E-state index contributed by atoms with van der Waals surface area (Å²) in [5.41, 5.74) is 2.52. The van der Waals surface area contributed by atoms with Gasteiger partial charge in [-0.3, -0.25) is 0 Å². The molecular weight excluding hydrogens is 475 g/mol. The average Bonchev–Trinajstić information content (AvgIpc) is 2.71. The largest absolute Gasteiger partial charge is 0.489 e. The number of carbonyl (C=O) groups excluding carboxylic acids is 1. The van der Waals surface area contributed by atoms with Crippen LogP contribution in [0.15, 0.2) is 77.3 Å². The predicted molar refractivity (Wildman–Crippen MR) is 120 cm³/mol. The number of ether oxygens (including phenoxy) is 2. The number of carbonyl (C=O) groups is 1. The molecule has 0 amide bonds. The fourth-order valence-electron chi connectivity index (χ4n) is 2.49. The van der Waals surface area contributed by atoms with Crippen molar-refractivity contribution in [2.45, 2.75) is 13.2 Å².